The van der Waals surface area contributed by atoms with Crippen LogP contribution in [0, 0.1) is 0 Å². The smallest absolute Gasteiger partial charge is 0.318 e. The largest absolute Gasteiger partial charge is 0.341 e. The van der Waals surface area contributed by atoms with Crippen LogP contribution in [-0.4, -0.2) is 70.9 Å². The van der Waals surface area contributed by atoms with E-state index in [9.17, 15) is 9.59 Å². The maximum atomic E-state index is 12.6. The Bertz CT molecular complexity index is 720. The van der Waals surface area contributed by atoms with Crippen LogP contribution < -0.4 is 5.32 Å². The molecular formula is C20H27ClN4O2. The molecule has 3 fully saturated rings. The highest BCUT2D eigenvalue weighted by atomic mass is 35.5. The second-order valence-corrected chi connectivity index (χ2v) is 8.36. The van der Waals surface area contributed by atoms with Crippen molar-refractivity contribution in [2.24, 2.45) is 0 Å². The van der Waals surface area contributed by atoms with Crippen molar-refractivity contribution in [3.8, 4) is 0 Å². The van der Waals surface area contributed by atoms with E-state index < -0.39 is 0 Å². The molecular weight excluding hydrogens is 364 g/mol. The molecule has 3 heterocycles. The minimum Gasteiger partial charge on any atom is -0.341 e. The lowest BCUT2D eigenvalue weighted by Crippen LogP contribution is -2.55. The molecule has 0 radical (unpaired) electrons. The van der Waals surface area contributed by atoms with Crippen molar-refractivity contribution in [2.75, 3.05) is 26.2 Å². The summed E-state index contributed by atoms with van der Waals surface area (Å²) in [6.07, 6.45) is 2.85. The number of amides is 3. The van der Waals surface area contributed by atoms with Crippen LogP contribution in [-0.2, 0) is 11.3 Å². The minimum absolute atomic E-state index is 0.0451. The van der Waals surface area contributed by atoms with Crippen molar-refractivity contribution >= 4 is 23.5 Å². The Kier molecular flexibility index (Phi) is 5.28. The van der Waals surface area contributed by atoms with Crippen molar-refractivity contribution in [1.82, 2.24) is 20.0 Å². The average molecular weight is 391 g/mol. The fourth-order valence-corrected chi connectivity index (χ4v) is 4.98. The quantitative estimate of drug-likeness (QED) is 0.861. The van der Waals surface area contributed by atoms with E-state index in [4.69, 9.17) is 11.6 Å². The van der Waals surface area contributed by atoms with Gasteiger partial charge in [-0.05, 0) is 37.0 Å². The lowest BCUT2D eigenvalue weighted by Gasteiger charge is -2.42. The fraction of sp³-hybridized carbons (Fsp3) is 0.600. The van der Waals surface area contributed by atoms with Gasteiger partial charge in [0.25, 0.3) is 0 Å². The van der Waals surface area contributed by atoms with Crippen molar-refractivity contribution < 1.29 is 9.59 Å². The number of carbonyl (C=O) groups is 2. The van der Waals surface area contributed by atoms with E-state index >= 15 is 0 Å². The molecule has 1 N–H and O–H groups in total. The number of likely N-dealkylation sites (tertiary alicyclic amines) is 2. The maximum Gasteiger partial charge on any atom is 0.318 e. The van der Waals surface area contributed by atoms with Crippen LogP contribution in [0.25, 0.3) is 0 Å². The third-order valence-electron chi connectivity index (χ3n) is 6.17. The number of nitrogens with one attached hydrogen (secondary N) is 1. The standard InChI is InChI=1S/C20H27ClN4O2/c1-14(26)24-10-7-19-18(13-24)22-20(27)25(19)17-5-8-23(9-6-17)12-15-3-2-4-16(21)11-15/h2-4,11,17-19H,5-10,12-13H2,1H3,(H,22,27). The Morgan fingerprint density at radius 1 is 1.22 bits per heavy atom. The molecule has 3 amide bonds. The molecule has 2 atom stereocenters. The molecule has 1 aromatic rings. The zero-order chi connectivity index (χ0) is 19.0. The van der Waals surface area contributed by atoms with Crippen molar-refractivity contribution in [2.45, 2.75) is 50.9 Å². The number of rotatable bonds is 3. The number of urea groups is 1. The van der Waals surface area contributed by atoms with E-state index in [1.54, 1.807) is 6.92 Å². The lowest BCUT2D eigenvalue weighted by atomic mass is 9.95. The lowest BCUT2D eigenvalue weighted by molar-refractivity contribution is -0.130. The Morgan fingerprint density at radius 2 is 2.00 bits per heavy atom. The maximum absolute atomic E-state index is 12.6. The summed E-state index contributed by atoms with van der Waals surface area (Å²) in [5.41, 5.74) is 1.23. The van der Waals surface area contributed by atoms with Gasteiger partial charge in [0.05, 0.1) is 12.1 Å². The first-order valence-corrected chi connectivity index (χ1v) is 10.2. The monoisotopic (exact) mass is 390 g/mol. The predicted molar refractivity (Wildman–Crippen MR) is 105 cm³/mol. The van der Waals surface area contributed by atoms with Crippen LogP contribution in [0.5, 0.6) is 0 Å². The number of piperidine rings is 2. The summed E-state index contributed by atoms with van der Waals surface area (Å²) in [5, 5.41) is 3.89. The summed E-state index contributed by atoms with van der Waals surface area (Å²) in [6, 6.07) is 8.65. The number of halogens is 1. The van der Waals surface area contributed by atoms with Crippen molar-refractivity contribution in [1.29, 1.82) is 0 Å². The molecule has 7 heteroatoms. The molecule has 2 unspecified atom stereocenters. The van der Waals surface area contributed by atoms with Crippen LogP contribution >= 0.6 is 11.6 Å². The second kappa shape index (κ2) is 7.68. The molecule has 27 heavy (non-hydrogen) atoms. The zero-order valence-electron chi connectivity index (χ0n) is 15.7. The summed E-state index contributed by atoms with van der Waals surface area (Å²) < 4.78 is 0. The molecule has 1 aromatic carbocycles. The first-order valence-electron chi connectivity index (χ1n) is 9.82. The molecule has 0 aromatic heterocycles. The van der Waals surface area contributed by atoms with Gasteiger partial charge in [0.2, 0.25) is 5.91 Å². The van der Waals surface area contributed by atoms with Gasteiger partial charge in [-0.1, -0.05) is 23.7 Å². The van der Waals surface area contributed by atoms with Gasteiger partial charge < -0.3 is 15.1 Å². The van der Waals surface area contributed by atoms with Crippen LogP contribution in [0.4, 0.5) is 4.79 Å². The Hall–Kier alpha value is -1.79. The third kappa shape index (κ3) is 3.92. The van der Waals surface area contributed by atoms with E-state index in [1.807, 2.05) is 23.1 Å². The number of hydrogen-bond acceptors (Lipinski definition) is 3. The first-order chi connectivity index (χ1) is 13.0. The molecule has 3 saturated heterocycles. The molecule has 146 valence electrons. The Labute approximate surface area is 165 Å². The predicted octanol–water partition coefficient (Wildman–Crippen LogP) is 2.32. The molecule has 6 nitrogen and oxygen atoms in total. The highest BCUT2D eigenvalue weighted by molar-refractivity contribution is 6.30. The summed E-state index contributed by atoms with van der Waals surface area (Å²) in [5.74, 6) is 0.0930. The molecule has 0 saturated carbocycles. The number of hydrogen-bond donors (Lipinski definition) is 1. The van der Waals surface area contributed by atoms with Gasteiger partial charge in [-0.15, -0.1) is 0 Å². The summed E-state index contributed by atoms with van der Waals surface area (Å²) in [6.45, 7) is 5.85. The average Bonchev–Trinajstić information content (AvgIpc) is 2.97. The van der Waals surface area contributed by atoms with Crippen LogP contribution in [0.15, 0.2) is 24.3 Å². The van der Waals surface area contributed by atoms with E-state index in [-0.39, 0.29) is 24.0 Å². The van der Waals surface area contributed by atoms with E-state index in [2.05, 4.69) is 21.2 Å². The van der Waals surface area contributed by atoms with Gasteiger partial charge in [-0.2, -0.15) is 0 Å². The van der Waals surface area contributed by atoms with E-state index in [0.29, 0.717) is 12.6 Å². The van der Waals surface area contributed by atoms with Crippen LogP contribution in [0.2, 0.25) is 5.02 Å². The van der Waals surface area contributed by atoms with Gasteiger partial charge in [0, 0.05) is 50.7 Å². The highest BCUT2D eigenvalue weighted by Gasteiger charge is 2.46. The third-order valence-corrected chi connectivity index (χ3v) is 6.40. The first kappa shape index (κ1) is 18.6. The van der Waals surface area contributed by atoms with Gasteiger partial charge in [-0.3, -0.25) is 9.69 Å². The van der Waals surface area contributed by atoms with Crippen LogP contribution in [0.1, 0.15) is 31.7 Å². The van der Waals surface area contributed by atoms with Gasteiger partial charge >= 0.3 is 6.03 Å². The molecule has 3 aliphatic rings. The molecule has 0 bridgehead atoms. The van der Waals surface area contributed by atoms with Crippen molar-refractivity contribution in [3.63, 3.8) is 0 Å². The van der Waals surface area contributed by atoms with Crippen LogP contribution in [0.3, 0.4) is 0 Å². The number of carbonyl (C=O) groups excluding carboxylic acids is 2. The number of fused-ring (bicyclic) bond motifs is 1. The van der Waals surface area contributed by atoms with Gasteiger partial charge in [0.15, 0.2) is 0 Å². The zero-order valence-corrected chi connectivity index (χ0v) is 16.5. The molecule has 0 aliphatic carbocycles. The summed E-state index contributed by atoms with van der Waals surface area (Å²) in [4.78, 5) is 30.6. The molecule has 0 spiro atoms. The van der Waals surface area contributed by atoms with E-state index in [0.717, 1.165) is 50.5 Å². The molecule has 4 rings (SSSR count). The Balaban J connectivity index is 1.34. The topological polar surface area (TPSA) is 55.9 Å². The van der Waals surface area contributed by atoms with Gasteiger partial charge in [-0.25, -0.2) is 4.79 Å². The summed E-state index contributed by atoms with van der Waals surface area (Å²) >= 11 is 6.09. The fourth-order valence-electron chi connectivity index (χ4n) is 4.77. The number of benzene rings is 1. The van der Waals surface area contributed by atoms with E-state index in [1.165, 1.54) is 5.56 Å². The summed E-state index contributed by atoms with van der Waals surface area (Å²) in [7, 11) is 0. The minimum atomic E-state index is 0.0451. The normalized spacial score (nSPS) is 26.8. The second-order valence-electron chi connectivity index (χ2n) is 7.92. The van der Waals surface area contributed by atoms with Gasteiger partial charge in [0.1, 0.15) is 0 Å². The Morgan fingerprint density at radius 3 is 2.70 bits per heavy atom. The SMILES string of the molecule is CC(=O)N1CCC2C(C1)NC(=O)N2C1CCN(Cc2cccc(Cl)c2)CC1. The highest BCUT2D eigenvalue weighted by Crippen LogP contribution is 2.29. The van der Waals surface area contributed by atoms with Crippen molar-refractivity contribution in [3.05, 3.63) is 34.9 Å². The number of nitrogens with zero attached hydrogens (tertiary/aromatic N) is 3. The molecule has 3 aliphatic heterocycles.